The van der Waals surface area contributed by atoms with Crippen LogP contribution >= 0.6 is 0 Å². The molecule has 0 radical (unpaired) electrons. The molecule has 0 aromatic carbocycles. The van der Waals surface area contributed by atoms with Crippen LogP contribution in [0.5, 0.6) is 0 Å². The Hall–Kier alpha value is -2.32. The molecular formula is C12H20N2O7. The van der Waals surface area contributed by atoms with E-state index in [1.807, 2.05) is 0 Å². The van der Waals surface area contributed by atoms with Crippen LogP contribution in [0.2, 0.25) is 0 Å². The number of hydrogen-bond acceptors (Lipinski definition) is 5. The van der Waals surface area contributed by atoms with E-state index in [9.17, 15) is 19.2 Å². The van der Waals surface area contributed by atoms with Crippen LogP contribution in [0.3, 0.4) is 0 Å². The topological polar surface area (TPSA) is 142 Å². The van der Waals surface area contributed by atoms with Gasteiger partial charge in [-0.05, 0) is 19.8 Å². The minimum absolute atomic E-state index is 0.00687. The molecule has 0 unspecified atom stereocenters. The number of carbonyl (C=O) groups is 4. The molecule has 9 nitrogen and oxygen atoms in total. The second kappa shape index (κ2) is 10.5. The van der Waals surface area contributed by atoms with Crippen LogP contribution in [0.25, 0.3) is 0 Å². The van der Waals surface area contributed by atoms with Crippen LogP contribution in [0.15, 0.2) is 0 Å². The second-order valence-electron chi connectivity index (χ2n) is 4.13. The van der Waals surface area contributed by atoms with Gasteiger partial charge in [-0.2, -0.15) is 0 Å². The second-order valence-corrected chi connectivity index (χ2v) is 4.13. The van der Waals surface area contributed by atoms with Crippen molar-refractivity contribution >= 4 is 23.9 Å². The van der Waals surface area contributed by atoms with Crippen molar-refractivity contribution in [3.8, 4) is 0 Å². The fourth-order valence-electron chi connectivity index (χ4n) is 1.44. The Morgan fingerprint density at radius 2 is 1.81 bits per heavy atom. The molecule has 0 aliphatic carbocycles. The molecule has 120 valence electrons. The highest BCUT2D eigenvalue weighted by Crippen LogP contribution is 2.01. The van der Waals surface area contributed by atoms with E-state index in [2.05, 4.69) is 15.4 Å². The third kappa shape index (κ3) is 10.2. The third-order valence-corrected chi connectivity index (χ3v) is 2.41. The number of amides is 2. The SMILES string of the molecule is CCOC(=O)CCNC(=O)N[C@H](CCCC(=O)O)C(=O)O. The summed E-state index contributed by atoms with van der Waals surface area (Å²) < 4.78 is 4.66. The zero-order valence-corrected chi connectivity index (χ0v) is 11.8. The van der Waals surface area contributed by atoms with Crippen LogP contribution in [0.1, 0.15) is 32.6 Å². The zero-order valence-electron chi connectivity index (χ0n) is 11.8. The van der Waals surface area contributed by atoms with E-state index in [-0.39, 0.29) is 38.8 Å². The lowest BCUT2D eigenvalue weighted by Gasteiger charge is -2.14. The third-order valence-electron chi connectivity index (χ3n) is 2.41. The van der Waals surface area contributed by atoms with Crippen molar-refractivity contribution in [1.29, 1.82) is 0 Å². The summed E-state index contributed by atoms with van der Waals surface area (Å²) in [7, 11) is 0. The maximum absolute atomic E-state index is 11.4. The van der Waals surface area contributed by atoms with E-state index in [0.717, 1.165) is 0 Å². The highest BCUT2D eigenvalue weighted by Gasteiger charge is 2.19. The van der Waals surface area contributed by atoms with Gasteiger partial charge in [0.1, 0.15) is 6.04 Å². The molecule has 0 aliphatic rings. The molecule has 1 atom stereocenters. The molecule has 0 aromatic rings. The average molecular weight is 304 g/mol. The van der Waals surface area contributed by atoms with E-state index in [1.165, 1.54) is 0 Å². The summed E-state index contributed by atoms with van der Waals surface area (Å²) in [5, 5.41) is 21.9. The van der Waals surface area contributed by atoms with Gasteiger partial charge in [-0.1, -0.05) is 0 Å². The van der Waals surface area contributed by atoms with Crippen molar-refractivity contribution < 1.29 is 34.1 Å². The molecule has 0 saturated carbocycles. The van der Waals surface area contributed by atoms with Crippen LogP contribution in [0, 0.1) is 0 Å². The lowest BCUT2D eigenvalue weighted by atomic mass is 10.1. The van der Waals surface area contributed by atoms with Crippen molar-refractivity contribution in [3.63, 3.8) is 0 Å². The number of carboxylic acid groups (broad SMARTS) is 2. The summed E-state index contributed by atoms with van der Waals surface area (Å²) in [6, 6.07) is -1.91. The molecule has 21 heavy (non-hydrogen) atoms. The smallest absolute Gasteiger partial charge is 0.326 e. The predicted octanol–water partition coefficient (Wildman–Crippen LogP) is -0.0531. The van der Waals surface area contributed by atoms with E-state index >= 15 is 0 Å². The van der Waals surface area contributed by atoms with Crippen LogP contribution < -0.4 is 10.6 Å². The fraction of sp³-hybridized carbons (Fsp3) is 0.667. The fourth-order valence-corrected chi connectivity index (χ4v) is 1.44. The molecule has 0 aliphatic heterocycles. The number of rotatable bonds is 10. The zero-order chi connectivity index (χ0) is 16.3. The number of carboxylic acids is 2. The van der Waals surface area contributed by atoms with Crippen LogP contribution in [-0.2, 0) is 19.1 Å². The Kier molecular flexibility index (Phi) is 9.31. The van der Waals surface area contributed by atoms with Gasteiger partial charge in [0.15, 0.2) is 0 Å². The molecule has 0 fully saturated rings. The molecular weight excluding hydrogens is 284 g/mol. The molecule has 0 saturated heterocycles. The van der Waals surface area contributed by atoms with Crippen molar-refractivity contribution in [2.75, 3.05) is 13.2 Å². The van der Waals surface area contributed by atoms with Crippen molar-refractivity contribution in [2.24, 2.45) is 0 Å². The van der Waals surface area contributed by atoms with Gasteiger partial charge in [0, 0.05) is 13.0 Å². The molecule has 9 heteroatoms. The van der Waals surface area contributed by atoms with Gasteiger partial charge in [-0.15, -0.1) is 0 Å². The van der Waals surface area contributed by atoms with Crippen LogP contribution in [-0.4, -0.2) is 53.3 Å². The first-order chi connectivity index (χ1) is 9.86. The Morgan fingerprint density at radius 1 is 1.14 bits per heavy atom. The largest absolute Gasteiger partial charge is 0.481 e. The Bertz CT molecular complexity index is 384. The number of carbonyl (C=O) groups excluding carboxylic acids is 2. The lowest BCUT2D eigenvalue weighted by Crippen LogP contribution is -2.46. The highest BCUT2D eigenvalue weighted by molar-refractivity contribution is 5.82. The molecule has 0 rings (SSSR count). The first-order valence-corrected chi connectivity index (χ1v) is 6.51. The molecule has 0 spiro atoms. The van der Waals surface area contributed by atoms with Gasteiger partial charge >= 0.3 is 23.9 Å². The van der Waals surface area contributed by atoms with Gasteiger partial charge in [0.05, 0.1) is 13.0 Å². The summed E-state index contributed by atoms with van der Waals surface area (Å²) >= 11 is 0. The summed E-state index contributed by atoms with van der Waals surface area (Å²) in [6.45, 7) is 1.93. The molecule has 0 bridgehead atoms. The summed E-state index contributed by atoms with van der Waals surface area (Å²) in [5.41, 5.74) is 0. The average Bonchev–Trinajstić information content (AvgIpc) is 2.37. The number of esters is 1. The quantitative estimate of drug-likeness (QED) is 0.414. The lowest BCUT2D eigenvalue weighted by molar-refractivity contribution is -0.143. The molecule has 2 amide bonds. The monoisotopic (exact) mass is 304 g/mol. The number of hydrogen-bond donors (Lipinski definition) is 4. The number of urea groups is 1. The number of aliphatic carboxylic acids is 2. The summed E-state index contributed by atoms with van der Waals surface area (Å²) in [4.78, 5) is 43.7. The van der Waals surface area contributed by atoms with Gasteiger partial charge in [-0.3, -0.25) is 9.59 Å². The maximum atomic E-state index is 11.4. The Labute approximate surface area is 121 Å². The molecule has 0 aromatic heterocycles. The molecule has 0 heterocycles. The van der Waals surface area contributed by atoms with Gasteiger partial charge in [-0.25, -0.2) is 9.59 Å². The first kappa shape index (κ1) is 18.7. The Morgan fingerprint density at radius 3 is 2.33 bits per heavy atom. The molecule has 4 N–H and O–H groups in total. The van der Waals surface area contributed by atoms with Gasteiger partial charge in [0.25, 0.3) is 0 Å². The maximum Gasteiger partial charge on any atom is 0.326 e. The summed E-state index contributed by atoms with van der Waals surface area (Å²) in [5.74, 6) is -2.74. The number of nitrogens with one attached hydrogen (secondary N) is 2. The van der Waals surface area contributed by atoms with Crippen molar-refractivity contribution in [3.05, 3.63) is 0 Å². The normalized spacial score (nSPS) is 11.3. The van der Waals surface area contributed by atoms with Crippen LogP contribution in [0.4, 0.5) is 4.79 Å². The minimum atomic E-state index is -1.25. The Balaban J connectivity index is 4.03. The predicted molar refractivity (Wildman–Crippen MR) is 70.7 cm³/mol. The summed E-state index contributed by atoms with van der Waals surface area (Å²) in [6.07, 6.45) is -0.0454. The van der Waals surface area contributed by atoms with E-state index < -0.39 is 30.0 Å². The minimum Gasteiger partial charge on any atom is -0.481 e. The van der Waals surface area contributed by atoms with Gasteiger partial charge in [0.2, 0.25) is 0 Å². The first-order valence-electron chi connectivity index (χ1n) is 6.51. The van der Waals surface area contributed by atoms with E-state index in [0.29, 0.717) is 0 Å². The van der Waals surface area contributed by atoms with Crippen molar-refractivity contribution in [1.82, 2.24) is 10.6 Å². The van der Waals surface area contributed by atoms with E-state index in [1.54, 1.807) is 6.92 Å². The van der Waals surface area contributed by atoms with E-state index in [4.69, 9.17) is 10.2 Å². The standard InChI is InChI=1S/C12H20N2O7/c1-2-21-10(17)6-7-13-12(20)14-8(11(18)19)4-3-5-9(15)16/h8H,2-7H2,1H3,(H,15,16)(H,18,19)(H2,13,14,20)/t8-/m1/s1. The van der Waals surface area contributed by atoms with Crippen molar-refractivity contribution in [2.45, 2.75) is 38.6 Å². The van der Waals surface area contributed by atoms with Gasteiger partial charge < -0.3 is 25.6 Å². The highest BCUT2D eigenvalue weighted by atomic mass is 16.5. The number of ether oxygens (including phenoxy) is 1.